The zero-order chi connectivity index (χ0) is 23.8. The summed E-state index contributed by atoms with van der Waals surface area (Å²) >= 11 is 0. The molecule has 2 unspecified atom stereocenters. The van der Waals surface area contributed by atoms with Gasteiger partial charge in [0.1, 0.15) is 11.8 Å². The number of amidine groups is 1. The fraction of sp³-hybridized carbons (Fsp3) is 0.421. The summed E-state index contributed by atoms with van der Waals surface area (Å²) in [7, 11) is 0. The van der Waals surface area contributed by atoms with Crippen molar-refractivity contribution >= 4 is 23.5 Å². The number of hydrogen-bond acceptors (Lipinski definition) is 11. The molecule has 0 radical (unpaired) electrons. The second-order valence-corrected chi connectivity index (χ2v) is 6.64. The predicted octanol–water partition coefficient (Wildman–Crippen LogP) is 1.64. The van der Waals surface area contributed by atoms with E-state index in [9.17, 15) is 29.8 Å². The summed E-state index contributed by atoms with van der Waals surface area (Å²) in [6.07, 6.45) is 0.0488. The molecule has 0 aliphatic carbocycles. The molecule has 2 atom stereocenters. The molecule has 1 aromatic rings. The van der Waals surface area contributed by atoms with Gasteiger partial charge in [0.05, 0.1) is 36.0 Å². The predicted molar refractivity (Wildman–Crippen MR) is 109 cm³/mol. The Balaban J connectivity index is 2.43. The van der Waals surface area contributed by atoms with Gasteiger partial charge in [-0.15, -0.1) is 10.1 Å². The Morgan fingerprint density at radius 1 is 1.19 bits per heavy atom. The van der Waals surface area contributed by atoms with Gasteiger partial charge < -0.3 is 20.0 Å². The third-order valence-corrected chi connectivity index (χ3v) is 4.57. The number of nitro groups is 1. The minimum Gasteiger partial charge on any atom is -0.465 e. The first-order valence-corrected chi connectivity index (χ1v) is 9.57. The van der Waals surface area contributed by atoms with E-state index in [2.05, 4.69) is 9.83 Å². The van der Waals surface area contributed by atoms with Crippen molar-refractivity contribution in [1.82, 2.24) is 0 Å². The van der Waals surface area contributed by atoms with E-state index in [1.54, 1.807) is 6.92 Å². The molecule has 172 valence electrons. The number of hydrogen-bond donors (Lipinski definition) is 1. The van der Waals surface area contributed by atoms with Crippen molar-refractivity contribution < 1.29 is 33.9 Å². The van der Waals surface area contributed by atoms with Gasteiger partial charge in [-0.05, 0) is 19.4 Å². The van der Waals surface area contributed by atoms with Crippen molar-refractivity contribution in [3.05, 3.63) is 61.3 Å². The lowest BCUT2D eigenvalue weighted by atomic mass is 9.77. The summed E-state index contributed by atoms with van der Waals surface area (Å²) in [4.78, 5) is 54.7. The van der Waals surface area contributed by atoms with Gasteiger partial charge >= 0.3 is 11.9 Å². The molecular weight excluding hydrogens is 428 g/mol. The maximum atomic E-state index is 12.9. The summed E-state index contributed by atoms with van der Waals surface area (Å²) in [6.45, 7) is 2.66. The molecule has 1 aromatic carbocycles. The summed E-state index contributed by atoms with van der Waals surface area (Å²) in [5, 5.41) is 20.5. The van der Waals surface area contributed by atoms with E-state index in [4.69, 9.17) is 15.2 Å². The molecule has 13 nitrogen and oxygen atoms in total. The van der Waals surface area contributed by atoms with Gasteiger partial charge in [-0.1, -0.05) is 12.1 Å². The highest BCUT2D eigenvalue weighted by Gasteiger charge is 2.43. The average molecular weight is 450 g/mol. The molecule has 1 heterocycles. The van der Waals surface area contributed by atoms with E-state index in [0.717, 1.165) is 0 Å². The molecule has 13 heteroatoms. The standard InChI is InChI=1S/C19H22N4O9/c1-3-30-19(25)16-15(12-6-4-7-13(10-12)22(26)27)14(11(2)21-17(16)20)18(24)31-8-5-9-32-23(28)29/h4,6-7,10,15-16H,3,5,8-9H2,1-2H3,(H2,20,21). The van der Waals surface area contributed by atoms with Gasteiger partial charge in [-0.2, -0.15) is 0 Å². The number of nitro benzene ring substituents is 1. The van der Waals surface area contributed by atoms with Crippen molar-refractivity contribution in [3.8, 4) is 0 Å². The van der Waals surface area contributed by atoms with Crippen LogP contribution in [-0.4, -0.2) is 47.6 Å². The summed E-state index contributed by atoms with van der Waals surface area (Å²) in [6, 6.07) is 5.45. The second kappa shape index (κ2) is 10.8. The summed E-state index contributed by atoms with van der Waals surface area (Å²) in [5.41, 5.74) is 6.19. The monoisotopic (exact) mass is 450 g/mol. The Morgan fingerprint density at radius 2 is 1.91 bits per heavy atom. The molecule has 2 rings (SSSR count). The summed E-state index contributed by atoms with van der Waals surface area (Å²) < 4.78 is 10.3. The van der Waals surface area contributed by atoms with E-state index in [1.807, 2.05) is 0 Å². The molecule has 0 saturated heterocycles. The molecule has 2 N–H and O–H groups in total. The molecule has 0 aromatic heterocycles. The highest BCUT2D eigenvalue weighted by molar-refractivity contribution is 6.06. The molecule has 1 aliphatic rings. The normalized spacial score (nSPS) is 17.9. The highest BCUT2D eigenvalue weighted by atomic mass is 16.9. The second-order valence-electron chi connectivity index (χ2n) is 6.64. The Kier molecular flexibility index (Phi) is 8.21. The number of carbonyl (C=O) groups is 2. The quantitative estimate of drug-likeness (QED) is 0.237. The number of benzene rings is 1. The third kappa shape index (κ3) is 5.77. The Bertz CT molecular complexity index is 973. The van der Waals surface area contributed by atoms with Crippen LogP contribution < -0.4 is 5.73 Å². The Labute approximate surface area is 182 Å². The molecule has 0 bridgehead atoms. The van der Waals surface area contributed by atoms with Gasteiger partial charge in [-0.3, -0.25) is 14.9 Å². The van der Waals surface area contributed by atoms with Gasteiger partial charge in [0.25, 0.3) is 10.8 Å². The van der Waals surface area contributed by atoms with Crippen LogP contribution in [0, 0.1) is 26.1 Å². The van der Waals surface area contributed by atoms with Crippen molar-refractivity contribution in [1.29, 1.82) is 0 Å². The van der Waals surface area contributed by atoms with Crippen LogP contribution in [0.5, 0.6) is 0 Å². The van der Waals surface area contributed by atoms with Crippen LogP contribution in [-0.2, 0) is 23.9 Å². The van der Waals surface area contributed by atoms with E-state index < -0.39 is 33.8 Å². The number of ether oxygens (including phenoxy) is 2. The first-order valence-electron chi connectivity index (χ1n) is 9.57. The minimum atomic E-state index is -1.21. The fourth-order valence-electron chi connectivity index (χ4n) is 3.28. The van der Waals surface area contributed by atoms with Crippen molar-refractivity contribution in [2.24, 2.45) is 16.6 Å². The lowest BCUT2D eigenvalue weighted by molar-refractivity contribution is -0.757. The van der Waals surface area contributed by atoms with Gasteiger partial charge in [0.2, 0.25) is 0 Å². The van der Waals surface area contributed by atoms with Crippen LogP contribution in [0.1, 0.15) is 31.7 Å². The molecule has 0 spiro atoms. The van der Waals surface area contributed by atoms with E-state index in [1.165, 1.54) is 31.2 Å². The van der Waals surface area contributed by atoms with Crippen molar-refractivity contribution in [3.63, 3.8) is 0 Å². The molecule has 0 saturated carbocycles. The van der Waals surface area contributed by atoms with Crippen LogP contribution in [0.2, 0.25) is 0 Å². The average Bonchev–Trinajstić information content (AvgIpc) is 2.72. The zero-order valence-corrected chi connectivity index (χ0v) is 17.4. The molecule has 32 heavy (non-hydrogen) atoms. The van der Waals surface area contributed by atoms with Gasteiger partial charge in [0.15, 0.2) is 0 Å². The van der Waals surface area contributed by atoms with Crippen LogP contribution in [0.25, 0.3) is 0 Å². The summed E-state index contributed by atoms with van der Waals surface area (Å²) in [5.74, 6) is -3.95. The lowest BCUT2D eigenvalue weighted by Crippen LogP contribution is -2.41. The first-order chi connectivity index (χ1) is 15.2. The Morgan fingerprint density at radius 3 is 2.53 bits per heavy atom. The highest BCUT2D eigenvalue weighted by Crippen LogP contribution is 2.40. The number of aliphatic imine (C=N–C) groups is 1. The third-order valence-electron chi connectivity index (χ3n) is 4.57. The van der Waals surface area contributed by atoms with Crippen molar-refractivity contribution in [2.75, 3.05) is 19.8 Å². The number of esters is 2. The number of rotatable bonds is 10. The van der Waals surface area contributed by atoms with E-state index in [-0.39, 0.29) is 54.6 Å². The van der Waals surface area contributed by atoms with E-state index >= 15 is 0 Å². The topological polar surface area (TPSA) is 186 Å². The van der Waals surface area contributed by atoms with Gasteiger partial charge in [0, 0.05) is 24.5 Å². The van der Waals surface area contributed by atoms with Crippen LogP contribution in [0.3, 0.4) is 0 Å². The number of allylic oxidation sites excluding steroid dienone is 1. The minimum absolute atomic E-state index is 0.0204. The maximum Gasteiger partial charge on any atom is 0.336 e. The number of nitrogens with two attached hydrogens (primary N) is 1. The number of non-ortho nitro benzene ring substituents is 1. The fourth-order valence-corrected chi connectivity index (χ4v) is 3.28. The van der Waals surface area contributed by atoms with Crippen LogP contribution in [0.15, 0.2) is 40.5 Å². The first kappa shape index (κ1) is 24.2. The number of carbonyl (C=O) groups excluding carboxylic acids is 2. The SMILES string of the molecule is CCOC(=O)C1C(N)=NC(C)=C(C(=O)OCCCO[N+](=O)[O-])C1c1cccc([N+](=O)[O-])c1. The number of nitrogens with zero attached hydrogens (tertiary/aromatic N) is 3. The molecular formula is C19H22N4O9. The van der Waals surface area contributed by atoms with Crippen molar-refractivity contribution in [2.45, 2.75) is 26.2 Å². The molecule has 1 aliphatic heterocycles. The van der Waals surface area contributed by atoms with Crippen LogP contribution >= 0.6 is 0 Å². The Hall–Kier alpha value is -4.03. The smallest absolute Gasteiger partial charge is 0.336 e. The van der Waals surface area contributed by atoms with E-state index in [0.29, 0.717) is 0 Å². The van der Waals surface area contributed by atoms with Gasteiger partial charge in [-0.25, -0.2) is 9.79 Å². The van der Waals surface area contributed by atoms with Crippen LogP contribution in [0.4, 0.5) is 5.69 Å². The molecule has 0 fully saturated rings. The largest absolute Gasteiger partial charge is 0.465 e. The zero-order valence-electron chi connectivity index (χ0n) is 17.4. The lowest BCUT2D eigenvalue weighted by Gasteiger charge is -2.31. The maximum absolute atomic E-state index is 12.9. The molecule has 0 amide bonds.